The second-order valence-electron chi connectivity index (χ2n) is 7.97. The van der Waals surface area contributed by atoms with Crippen LogP contribution in [0.3, 0.4) is 0 Å². The molecule has 0 saturated heterocycles. The van der Waals surface area contributed by atoms with E-state index in [2.05, 4.69) is 47.3 Å². The predicted octanol–water partition coefficient (Wildman–Crippen LogP) is 6.48. The quantitative estimate of drug-likeness (QED) is 0.194. The summed E-state index contributed by atoms with van der Waals surface area (Å²) in [5.41, 5.74) is -0.186. The summed E-state index contributed by atoms with van der Waals surface area (Å²) in [7, 11) is 0. The van der Waals surface area contributed by atoms with E-state index in [0.29, 0.717) is 6.61 Å². The normalized spacial score (nSPS) is 13.2. The molecule has 24 heavy (non-hydrogen) atoms. The summed E-state index contributed by atoms with van der Waals surface area (Å²) in [6.45, 7) is 15.7. The zero-order chi connectivity index (χ0) is 18.5. The average molecular weight is 399 g/mol. The molecule has 0 unspecified atom stereocenters. The molecule has 0 aromatic carbocycles. The third kappa shape index (κ3) is 8.75. The van der Waals surface area contributed by atoms with Crippen molar-refractivity contribution in [2.45, 2.75) is 88.9 Å². The Bertz CT molecular complexity index is 339. The van der Waals surface area contributed by atoms with Crippen molar-refractivity contribution in [3.8, 4) is 0 Å². The molecule has 3 heteroatoms. The van der Waals surface area contributed by atoms with Gasteiger partial charge in [0, 0.05) is 0 Å². The number of unbranched alkanes of at least 4 members (excludes halogenated alkanes) is 3. The second kappa shape index (κ2) is 13.0. The molecule has 0 saturated carbocycles. The molecular formula is C21H42GeO2. The van der Waals surface area contributed by atoms with Gasteiger partial charge < -0.3 is 0 Å². The summed E-state index contributed by atoms with van der Waals surface area (Å²) in [5, 5.41) is 13.7. The Kier molecular flexibility index (Phi) is 12.9. The molecule has 2 nitrogen and oxygen atoms in total. The van der Waals surface area contributed by atoms with Crippen molar-refractivity contribution in [3.63, 3.8) is 0 Å². The zero-order valence-corrected chi connectivity index (χ0v) is 19.1. The first-order valence-electron chi connectivity index (χ1n) is 9.98. The average Bonchev–Trinajstić information content (AvgIpc) is 2.58. The molecule has 0 aliphatic heterocycles. The van der Waals surface area contributed by atoms with E-state index in [9.17, 15) is 5.11 Å². The number of aliphatic hydroxyl groups is 1. The van der Waals surface area contributed by atoms with Crippen molar-refractivity contribution in [2.75, 3.05) is 13.2 Å². The fourth-order valence-corrected chi connectivity index (χ4v) is 14.5. The van der Waals surface area contributed by atoms with Gasteiger partial charge in [-0.3, -0.25) is 0 Å². The van der Waals surface area contributed by atoms with Gasteiger partial charge >= 0.3 is 154 Å². The van der Waals surface area contributed by atoms with E-state index in [4.69, 9.17) is 4.74 Å². The summed E-state index contributed by atoms with van der Waals surface area (Å²) in [6.07, 6.45) is 11.8. The van der Waals surface area contributed by atoms with Crippen LogP contribution in [0, 0.1) is 5.41 Å². The van der Waals surface area contributed by atoms with E-state index in [1.54, 1.807) is 0 Å². The molecule has 0 aromatic rings. The van der Waals surface area contributed by atoms with Crippen LogP contribution in [0.1, 0.15) is 73.1 Å². The van der Waals surface area contributed by atoms with Crippen LogP contribution in [0.5, 0.6) is 0 Å². The standard InChI is InChI=1S/C21H42GeO2/c1-7-11-15-22(16-12-8-2,17-13-9-3)20(14-10-4)24-19-21(5,6)18-23/h10,14,23H,4,7-9,11-13,15-19H2,1-3,5-6H3/b20-14+. The number of rotatable bonds is 15. The predicted molar refractivity (Wildman–Crippen MR) is 110 cm³/mol. The summed E-state index contributed by atoms with van der Waals surface area (Å²) in [6, 6.07) is 0. The molecule has 0 aromatic heterocycles. The van der Waals surface area contributed by atoms with Crippen LogP contribution in [0.4, 0.5) is 0 Å². The Labute approximate surface area is 154 Å². The Morgan fingerprint density at radius 3 is 1.79 bits per heavy atom. The number of aliphatic hydroxyl groups excluding tert-OH is 1. The first-order chi connectivity index (χ1) is 11.4. The molecule has 0 aliphatic rings. The van der Waals surface area contributed by atoms with E-state index in [0.717, 1.165) is 0 Å². The van der Waals surface area contributed by atoms with Crippen LogP contribution in [-0.2, 0) is 4.74 Å². The van der Waals surface area contributed by atoms with Crippen LogP contribution in [0.15, 0.2) is 23.3 Å². The summed E-state index contributed by atoms with van der Waals surface area (Å²) in [5.74, 6) is 0. The van der Waals surface area contributed by atoms with Gasteiger partial charge in [0.05, 0.1) is 0 Å². The summed E-state index contributed by atoms with van der Waals surface area (Å²) in [4.78, 5) is 0. The van der Waals surface area contributed by atoms with E-state index >= 15 is 0 Å². The molecule has 0 fully saturated rings. The van der Waals surface area contributed by atoms with Crippen LogP contribution in [0.2, 0.25) is 15.8 Å². The van der Waals surface area contributed by atoms with Gasteiger partial charge in [-0.2, -0.15) is 0 Å². The number of allylic oxidation sites excluding steroid dienone is 2. The molecule has 142 valence electrons. The summed E-state index contributed by atoms with van der Waals surface area (Å²) < 4.78 is 7.69. The minimum atomic E-state index is -2.25. The van der Waals surface area contributed by atoms with E-state index in [-0.39, 0.29) is 12.0 Å². The molecule has 1 N–H and O–H groups in total. The first kappa shape index (κ1) is 23.8. The van der Waals surface area contributed by atoms with E-state index < -0.39 is 13.3 Å². The van der Waals surface area contributed by atoms with Crippen LogP contribution in [-0.4, -0.2) is 31.6 Å². The number of ether oxygens (including phenoxy) is 1. The molecule has 0 bridgehead atoms. The molecule has 0 spiro atoms. The zero-order valence-electron chi connectivity index (χ0n) is 17.0. The van der Waals surface area contributed by atoms with Crippen molar-refractivity contribution in [2.24, 2.45) is 5.41 Å². The molecule has 0 rings (SSSR count). The van der Waals surface area contributed by atoms with Gasteiger partial charge in [-0.15, -0.1) is 0 Å². The molecule has 0 amide bonds. The van der Waals surface area contributed by atoms with Gasteiger partial charge in [0.1, 0.15) is 0 Å². The topological polar surface area (TPSA) is 29.5 Å². The Morgan fingerprint density at radius 1 is 1.00 bits per heavy atom. The molecule has 0 radical (unpaired) electrons. The SMILES string of the molecule is C=C/C=[C](/OCC(C)(C)CO)[Ge]([CH2]CCC)([CH2]CCC)[CH2]CCC. The monoisotopic (exact) mass is 400 g/mol. The number of hydrogen-bond acceptors (Lipinski definition) is 2. The van der Waals surface area contributed by atoms with E-state index in [1.165, 1.54) is 58.9 Å². The maximum atomic E-state index is 9.56. The van der Waals surface area contributed by atoms with Crippen LogP contribution < -0.4 is 0 Å². The Morgan fingerprint density at radius 2 is 1.46 bits per heavy atom. The van der Waals surface area contributed by atoms with Crippen molar-refractivity contribution < 1.29 is 9.84 Å². The van der Waals surface area contributed by atoms with Gasteiger partial charge in [-0.25, -0.2) is 0 Å². The van der Waals surface area contributed by atoms with Crippen molar-refractivity contribution in [1.82, 2.24) is 0 Å². The Hall–Kier alpha value is -0.217. The molecule has 0 aliphatic carbocycles. The van der Waals surface area contributed by atoms with E-state index in [1.807, 2.05) is 6.08 Å². The van der Waals surface area contributed by atoms with Crippen LogP contribution in [0.25, 0.3) is 0 Å². The van der Waals surface area contributed by atoms with Gasteiger partial charge in [0.15, 0.2) is 0 Å². The van der Waals surface area contributed by atoms with Gasteiger partial charge in [-0.05, 0) is 0 Å². The van der Waals surface area contributed by atoms with Gasteiger partial charge in [-0.1, -0.05) is 0 Å². The molecule has 0 atom stereocenters. The fraction of sp³-hybridized carbons (Fsp3) is 0.810. The van der Waals surface area contributed by atoms with Crippen molar-refractivity contribution in [3.05, 3.63) is 23.3 Å². The maximum absolute atomic E-state index is 9.56. The minimum absolute atomic E-state index is 0.160. The van der Waals surface area contributed by atoms with Gasteiger partial charge in [0.2, 0.25) is 0 Å². The fourth-order valence-electron chi connectivity index (χ4n) is 3.09. The Balaban J connectivity index is 5.49. The summed E-state index contributed by atoms with van der Waals surface area (Å²) >= 11 is -2.25. The van der Waals surface area contributed by atoms with Crippen molar-refractivity contribution >= 4 is 13.3 Å². The van der Waals surface area contributed by atoms with Gasteiger partial charge in [0.25, 0.3) is 0 Å². The third-order valence-corrected chi connectivity index (χ3v) is 16.0. The second-order valence-corrected chi connectivity index (χ2v) is 17.5. The van der Waals surface area contributed by atoms with Crippen LogP contribution >= 0.6 is 0 Å². The molecular weight excluding hydrogens is 357 g/mol. The van der Waals surface area contributed by atoms with Crippen molar-refractivity contribution in [1.29, 1.82) is 0 Å². The molecule has 0 heterocycles. The number of hydrogen-bond donors (Lipinski definition) is 1. The third-order valence-electron chi connectivity index (χ3n) is 4.87. The first-order valence-corrected chi connectivity index (χ1v) is 15.5.